The highest BCUT2D eigenvalue weighted by molar-refractivity contribution is 5.88. The van der Waals surface area contributed by atoms with Gasteiger partial charge in [0.05, 0.1) is 29.7 Å². The van der Waals surface area contributed by atoms with Crippen LogP contribution in [-0.4, -0.2) is 46.3 Å². The number of aromatic amines is 1. The van der Waals surface area contributed by atoms with Gasteiger partial charge in [0.1, 0.15) is 0 Å². The van der Waals surface area contributed by atoms with Crippen LogP contribution in [0.15, 0.2) is 29.1 Å². The molecule has 2 aromatic rings. The van der Waals surface area contributed by atoms with Crippen molar-refractivity contribution in [2.75, 3.05) is 13.1 Å². The minimum atomic E-state index is -0.236. The van der Waals surface area contributed by atoms with E-state index in [1.807, 2.05) is 26.0 Å². The molecule has 1 aromatic carbocycles. The van der Waals surface area contributed by atoms with E-state index in [9.17, 15) is 9.59 Å². The first-order valence-electron chi connectivity index (χ1n) is 7.44. The van der Waals surface area contributed by atoms with Gasteiger partial charge in [0.25, 0.3) is 5.56 Å². The van der Waals surface area contributed by atoms with Crippen molar-refractivity contribution in [1.82, 2.24) is 15.1 Å². The van der Waals surface area contributed by atoms with Crippen LogP contribution in [0.5, 0.6) is 0 Å². The molecule has 0 spiro atoms. The monoisotopic (exact) mass is 301 g/mol. The normalized spacial score (nSPS) is 22.0. The topological polar surface area (TPSA) is 75.3 Å². The summed E-state index contributed by atoms with van der Waals surface area (Å²) >= 11 is 0. The van der Waals surface area contributed by atoms with Gasteiger partial charge >= 0.3 is 0 Å². The first kappa shape index (κ1) is 14.7. The number of H-pyrrole nitrogens is 1. The van der Waals surface area contributed by atoms with Crippen molar-refractivity contribution in [3.05, 3.63) is 40.3 Å². The van der Waals surface area contributed by atoms with Gasteiger partial charge in [-0.1, -0.05) is 18.2 Å². The average Bonchev–Trinajstić information content (AvgIpc) is 2.49. The molecule has 1 fully saturated rings. The summed E-state index contributed by atoms with van der Waals surface area (Å²) in [4.78, 5) is 26.1. The SMILES string of the molecule is CC1CN(C(=O)Cc2n[nH]c(=O)c3ccccc23)CC(C)O1. The molecule has 2 unspecified atom stereocenters. The van der Waals surface area contributed by atoms with Gasteiger partial charge in [0.15, 0.2) is 0 Å². The molecular formula is C16H19N3O3. The number of nitrogens with zero attached hydrogens (tertiary/aromatic N) is 2. The quantitative estimate of drug-likeness (QED) is 0.901. The molecule has 0 radical (unpaired) electrons. The van der Waals surface area contributed by atoms with Crippen molar-refractivity contribution in [3.8, 4) is 0 Å². The molecule has 1 aliphatic rings. The number of carbonyl (C=O) groups excluding carboxylic acids is 1. The van der Waals surface area contributed by atoms with Gasteiger partial charge in [0, 0.05) is 18.5 Å². The Bertz CT molecular complexity index is 746. The number of ether oxygens (including phenoxy) is 1. The summed E-state index contributed by atoms with van der Waals surface area (Å²) in [5, 5.41) is 7.82. The van der Waals surface area contributed by atoms with E-state index in [1.165, 1.54) is 0 Å². The number of aromatic nitrogens is 2. The first-order chi connectivity index (χ1) is 10.5. The Balaban J connectivity index is 1.86. The highest BCUT2D eigenvalue weighted by atomic mass is 16.5. The van der Waals surface area contributed by atoms with Crippen LogP contribution in [0.3, 0.4) is 0 Å². The van der Waals surface area contributed by atoms with Crippen molar-refractivity contribution < 1.29 is 9.53 Å². The lowest BCUT2D eigenvalue weighted by molar-refractivity contribution is -0.142. The van der Waals surface area contributed by atoms with Gasteiger partial charge in [-0.3, -0.25) is 9.59 Å². The largest absolute Gasteiger partial charge is 0.372 e. The minimum Gasteiger partial charge on any atom is -0.372 e. The number of benzene rings is 1. The zero-order valence-electron chi connectivity index (χ0n) is 12.7. The number of carbonyl (C=O) groups is 1. The summed E-state index contributed by atoms with van der Waals surface area (Å²) < 4.78 is 5.65. The van der Waals surface area contributed by atoms with E-state index in [0.717, 1.165) is 5.39 Å². The molecule has 0 bridgehead atoms. The van der Waals surface area contributed by atoms with Crippen LogP contribution in [0.4, 0.5) is 0 Å². The van der Waals surface area contributed by atoms with Gasteiger partial charge in [-0.15, -0.1) is 0 Å². The van der Waals surface area contributed by atoms with E-state index in [-0.39, 0.29) is 30.1 Å². The van der Waals surface area contributed by atoms with E-state index in [0.29, 0.717) is 24.2 Å². The highest BCUT2D eigenvalue weighted by Crippen LogP contribution is 2.16. The average molecular weight is 301 g/mol. The molecule has 3 rings (SSSR count). The van der Waals surface area contributed by atoms with Crippen molar-refractivity contribution in [1.29, 1.82) is 0 Å². The number of amides is 1. The summed E-state index contributed by atoms with van der Waals surface area (Å²) in [5.74, 6) is 0.00621. The molecule has 1 saturated heterocycles. The maximum atomic E-state index is 12.5. The molecule has 116 valence electrons. The summed E-state index contributed by atoms with van der Waals surface area (Å²) in [6.07, 6.45) is 0.248. The van der Waals surface area contributed by atoms with Crippen LogP contribution in [0.25, 0.3) is 10.8 Å². The lowest BCUT2D eigenvalue weighted by Crippen LogP contribution is -2.48. The predicted octanol–water partition coefficient (Wildman–Crippen LogP) is 1.10. The van der Waals surface area contributed by atoms with E-state index < -0.39 is 0 Å². The number of nitrogens with one attached hydrogen (secondary N) is 1. The van der Waals surface area contributed by atoms with Gasteiger partial charge < -0.3 is 9.64 Å². The molecule has 1 amide bonds. The molecule has 1 aliphatic heterocycles. The highest BCUT2D eigenvalue weighted by Gasteiger charge is 2.26. The Morgan fingerprint density at radius 3 is 2.59 bits per heavy atom. The standard InChI is InChI=1S/C16H19N3O3/c1-10-8-19(9-11(2)22-10)15(20)7-14-12-5-3-4-6-13(12)16(21)18-17-14/h3-6,10-11H,7-9H2,1-2H3,(H,18,21). The Morgan fingerprint density at radius 2 is 1.91 bits per heavy atom. The van der Waals surface area contributed by atoms with Crippen LogP contribution in [-0.2, 0) is 16.0 Å². The predicted molar refractivity (Wildman–Crippen MR) is 82.7 cm³/mol. The molecule has 0 saturated carbocycles. The third-order valence-electron chi connectivity index (χ3n) is 3.87. The van der Waals surface area contributed by atoms with Gasteiger partial charge in [-0.25, -0.2) is 5.10 Å². The minimum absolute atomic E-state index is 0.00621. The zero-order valence-corrected chi connectivity index (χ0v) is 12.7. The molecule has 2 heterocycles. The summed E-state index contributed by atoms with van der Waals surface area (Å²) in [5.41, 5.74) is 0.368. The Kier molecular flexibility index (Phi) is 3.94. The summed E-state index contributed by atoms with van der Waals surface area (Å²) in [6.45, 7) is 5.10. The second kappa shape index (κ2) is 5.88. The lowest BCUT2D eigenvalue weighted by atomic mass is 10.1. The fourth-order valence-corrected chi connectivity index (χ4v) is 2.94. The van der Waals surface area contributed by atoms with E-state index in [1.54, 1.807) is 17.0 Å². The molecule has 22 heavy (non-hydrogen) atoms. The van der Waals surface area contributed by atoms with E-state index in [2.05, 4.69) is 10.2 Å². The maximum absolute atomic E-state index is 12.5. The van der Waals surface area contributed by atoms with Gasteiger partial charge in [-0.2, -0.15) is 5.10 Å². The summed E-state index contributed by atoms with van der Waals surface area (Å²) in [7, 11) is 0. The van der Waals surface area contributed by atoms with Crippen LogP contribution >= 0.6 is 0 Å². The van der Waals surface area contributed by atoms with Crippen LogP contribution in [0, 0.1) is 0 Å². The number of rotatable bonds is 2. The maximum Gasteiger partial charge on any atom is 0.272 e. The second-order valence-corrected chi connectivity index (χ2v) is 5.78. The molecule has 1 aromatic heterocycles. The molecule has 6 heteroatoms. The second-order valence-electron chi connectivity index (χ2n) is 5.78. The molecule has 1 N–H and O–H groups in total. The van der Waals surface area contributed by atoms with Gasteiger partial charge in [0.2, 0.25) is 5.91 Å². The van der Waals surface area contributed by atoms with Crippen LogP contribution in [0.1, 0.15) is 19.5 Å². The fraction of sp³-hybridized carbons (Fsp3) is 0.438. The van der Waals surface area contributed by atoms with Gasteiger partial charge in [-0.05, 0) is 19.9 Å². The van der Waals surface area contributed by atoms with Crippen molar-refractivity contribution in [2.45, 2.75) is 32.5 Å². The number of fused-ring (bicyclic) bond motifs is 1. The van der Waals surface area contributed by atoms with E-state index >= 15 is 0 Å². The fourth-order valence-electron chi connectivity index (χ4n) is 2.94. The molecule has 2 atom stereocenters. The molecule has 6 nitrogen and oxygen atoms in total. The Morgan fingerprint density at radius 1 is 1.27 bits per heavy atom. The number of morpholine rings is 1. The molecule has 0 aliphatic carbocycles. The third kappa shape index (κ3) is 2.87. The number of hydrogen-bond acceptors (Lipinski definition) is 4. The zero-order chi connectivity index (χ0) is 15.7. The van der Waals surface area contributed by atoms with E-state index in [4.69, 9.17) is 4.74 Å². The molecular weight excluding hydrogens is 282 g/mol. The number of hydrogen-bond donors (Lipinski definition) is 1. The Hall–Kier alpha value is -2.21. The van der Waals surface area contributed by atoms with Crippen molar-refractivity contribution in [3.63, 3.8) is 0 Å². The third-order valence-corrected chi connectivity index (χ3v) is 3.87. The van der Waals surface area contributed by atoms with Crippen LogP contribution in [0.2, 0.25) is 0 Å². The van der Waals surface area contributed by atoms with Crippen LogP contribution < -0.4 is 5.56 Å². The summed E-state index contributed by atoms with van der Waals surface area (Å²) in [6, 6.07) is 7.21. The van der Waals surface area contributed by atoms with Crippen molar-refractivity contribution in [2.24, 2.45) is 0 Å². The Labute approximate surface area is 128 Å². The lowest BCUT2D eigenvalue weighted by Gasteiger charge is -2.35. The van der Waals surface area contributed by atoms with Crippen molar-refractivity contribution >= 4 is 16.7 Å². The smallest absolute Gasteiger partial charge is 0.272 e. The first-order valence-corrected chi connectivity index (χ1v) is 7.44.